The van der Waals surface area contributed by atoms with Crippen LogP contribution in [-0.4, -0.2) is 29.3 Å². The maximum absolute atomic E-state index is 12.5. The van der Waals surface area contributed by atoms with Crippen molar-refractivity contribution in [2.45, 2.75) is 60.0 Å². The predicted molar refractivity (Wildman–Crippen MR) is 93.9 cm³/mol. The Hall–Kier alpha value is -1.84. The molecule has 0 saturated carbocycles. The van der Waals surface area contributed by atoms with Crippen molar-refractivity contribution in [3.8, 4) is 0 Å². The molecule has 0 aliphatic carbocycles. The Labute approximate surface area is 140 Å². The molecule has 23 heavy (non-hydrogen) atoms. The highest BCUT2D eigenvalue weighted by molar-refractivity contribution is 5.87. The molecule has 2 amide bonds. The van der Waals surface area contributed by atoms with E-state index >= 15 is 0 Å². The second-order valence-corrected chi connectivity index (χ2v) is 6.36. The summed E-state index contributed by atoms with van der Waals surface area (Å²) >= 11 is 0. The van der Waals surface area contributed by atoms with E-state index in [1.807, 2.05) is 45.0 Å². The van der Waals surface area contributed by atoms with Crippen LogP contribution in [0, 0.1) is 12.8 Å². The molecule has 1 atom stereocenters. The lowest BCUT2D eigenvalue weighted by atomic mass is 10.1. The summed E-state index contributed by atoms with van der Waals surface area (Å²) in [6.45, 7) is 11.1. The van der Waals surface area contributed by atoms with Crippen LogP contribution in [0.15, 0.2) is 24.3 Å². The van der Waals surface area contributed by atoms with Gasteiger partial charge in [-0.1, -0.05) is 52.0 Å². The van der Waals surface area contributed by atoms with Crippen LogP contribution in [0.4, 0.5) is 0 Å². The van der Waals surface area contributed by atoms with Crippen LogP contribution >= 0.6 is 0 Å². The number of nitrogens with one attached hydrogen (secondary N) is 1. The monoisotopic (exact) mass is 318 g/mol. The van der Waals surface area contributed by atoms with Crippen molar-refractivity contribution in [2.24, 2.45) is 5.92 Å². The average Bonchev–Trinajstić information content (AvgIpc) is 2.53. The van der Waals surface area contributed by atoms with E-state index < -0.39 is 6.04 Å². The quantitative estimate of drug-likeness (QED) is 0.799. The summed E-state index contributed by atoms with van der Waals surface area (Å²) in [4.78, 5) is 26.6. The molecule has 0 spiro atoms. The molecule has 0 bridgehead atoms. The number of aryl methyl sites for hydroxylation is 1. The number of carbonyl (C=O) groups is 2. The first-order valence-electron chi connectivity index (χ1n) is 8.52. The highest BCUT2D eigenvalue weighted by Gasteiger charge is 2.27. The van der Waals surface area contributed by atoms with E-state index in [0.717, 1.165) is 11.1 Å². The summed E-state index contributed by atoms with van der Waals surface area (Å²) in [7, 11) is 0. The molecule has 0 fully saturated rings. The summed E-state index contributed by atoms with van der Waals surface area (Å²) in [5.74, 6) is 0.347. The fraction of sp³-hybridized carbons (Fsp3) is 0.579. The zero-order valence-electron chi connectivity index (χ0n) is 15.1. The lowest BCUT2D eigenvalue weighted by Crippen LogP contribution is -2.49. The van der Waals surface area contributed by atoms with Gasteiger partial charge in [0.15, 0.2) is 0 Å². The van der Waals surface area contributed by atoms with Gasteiger partial charge >= 0.3 is 0 Å². The van der Waals surface area contributed by atoms with Gasteiger partial charge in [0, 0.05) is 19.5 Å². The summed E-state index contributed by atoms with van der Waals surface area (Å²) in [6.07, 6.45) is 1.02. The first-order chi connectivity index (χ1) is 10.9. The van der Waals surface area contributed by atoms with Crippen LogP contribution in [0.2, 0.25) is 0 Å². The van der Waals surface area contributed by atoms with Crippen LogP contribution < -0.4 is 5.32 Å². The summed E-state index contributed by atoms with van der Waals surface area (Å²) in [6, 6.07) is 7.59. The zero-order valence-corrected chi connectivity index (χ0v) is 15.1. The minimum atomic E-state index is -0.416. The van der Waals surface area contributed by atoms with E-state index in [1.165, 1.54) is 0 Å². The van der Waals surface area contributed by atoms with Crippen molar-refractivity contribution in [2.75, 3.05) is 6.54 Å². The number of hydrogen-bond acceptors (Lipinski definition) is 2. The number of nitrogens with zero attached hydrogens (tertiary/aromatic N) is 1. The number of amides is 2. The van der Waals surface area contributed by atoms with Gasteiger partial charge in [0.1, 0.15) is 6.04 Å². The second kappa shape index (κ2) is 9.33. The molecule has 0 aliphatic rings. The average molecular weight is 318 g/mol. The SMILES string of the molecule is CCC(=O)N(Cc1ccccc1C)[C@H](CC)C(=O)NCC(C)C. The minimum absolute atomic E-state index is 0.0137. The number of carbonyl (C=O) groups excluding carboxylic acids is 2. The fourth-order valence-corrected chi connectivity index (χ4v) is 2.52. The van der Waals surface area contributed by atoms with Crippen molar-refractivity contribution >= 4 is 11.8 Å². The van der Waals surface area contributed by atoms with Crippen molar-refractivity contribution in [1.82, 2.24) is 10.2 Å². The van der Waals surface area contributed by atoms with Gasteiger partial charge in [-0.15, -0.1) is 0 Å². The molecule has 4 nitrogen and oxygen atoms in total. The molecule has 4 heteroatoms. The third kappa shape index (κ3) is 5.70. The Morgan fingerprint density at radius 2 is 1.83 bits per heavy atom. The third-order valence-electron chi connectivity index (χ3n) is 3.97. The fourth-order valence-electron chi connectivity index (χ4n) is 2.52. The summed E-state index contributed by atoms with van der Waals surface area (Å²) < 4.78 is 0. The molecule has 0 aromatic heterocycles. The minimum Gasteiger partial charge on any atom is -0.354 e. The van der Waals surface area contributed by atoms with Gasteiger partial charge in [-0.2, -0.15) is 0 Å². The van der Waals surface area contributed by atoms with Crippen molar-refractivity contribution in [3.63, 3.8) is 0 Å². The van der Waals surface area contributed by atoms with Gasteiger partial charge in [0.05, 0.1) is 0 Å². The number of rotatable bonds is 8. The smallest absolute Gasteiger partial charge is 0.242 e. The normalized spacial score (nSPS) is 12.1. The lowest BCUT2D eigenvalue weighted by Gasteiger charge is -2.31. The second-order valence-electron chi connectivity index (χ2n) is 6.36. The zero-order chi connectivity index (χ0) is 17.4. The number of benzene rings is 1. The largest absolute Gasteiger partial charge is 0.354 e. The van der Waals surface area contributed by atoms with E-state index in [9.17, 15) is 9.59 Å². The van der Waals surface area contributed by atoms with Crippen LogP contribution in [0.5, 0.6) is 0 Å². The molecule has 0 unspecified atom stereocenters. The van der Waals surface area contributed by atoms with Gasteiger partial charge in [-0.25, -0.2) is 0 Å². The van der Waals surface area contributed by atoms with E-state index in [-0.39, 0.29) is 11.8 Å². The van der Waals surface area contributed by atoms with E-state index in [4.69, 9.17) is 0 Å². The van der Waals surface area contributed by atoms with E-state index in [1.54, 1.807) is 4.90 Å². The molecule has 0 saturated heterocycles. The first kappa shape index (κ1) is 19.2. The van der Waals surface area contributed by atoms with Crippen molar-refractivity contribution in [1.29, 1.82) is 0 Å². The van der Waals surface area contributed by atoms with E-state index in [0.29, 0.717) is 31.8 Å². The van der Waals surface area contributed by atoms with E-state index in [2.05, 4.69) is 19.2 Å². The van der Waals surface area contributed by atoms with Gasteiger partial charge in [-0.3, -0.25) is 9.59 Å². The molecular weight excluding hydrogens is 288 g/mol. The standard InChI is InChI=1S/C19H30N2O2/c1-6-17(19(23)20-12-14(3)4)21(18(22)7-2)13-16-11-9-8-10-15(16)5/h8-11,14,17H,6-7,12-13H2,1-5H3,(H,20,23)/t17-/m1/s1. The van der Waals surface area contributed by atoms with Crippen LogP contribution in [-0.2, 0) is 16.1 Å². The van der Waals surface area contributed by atoms with Gasteiger partial charge in [0.25, 0.3) is 0 Å². The predicted octanol–water partition coefficient (Wildman–Crippen LogP) is 3.28. The van der Waals surface area contributed by atoms with Crippen molar-refractivity contribution in [3.05, 3.63) is 35.4 Å². The third-order valence-corrected chi connectivity index (χ3v) is 3.97. The molecule has 1 aromatic rings. The summed E-state index contributed by atoms with van der Waals surface area (Å²) in [5.41, 5.74) is 2.23. The van der Waals surface area contributed by atoms with Crippen molar-refractivity contribution < 1.29 is 9.59 Å². The van der Waals surface area contributed by atoms with Crippen LogP contribution in [0.1, 0.15) is 51.7 Å². The molecule has 1 N–H and O–H groups in total. The molecule has 128 valence electrons. The molecule has 0 radical (unpaired) electrons. The molecule has 1 aromatic carbocycles. The van der Waals surface area contributed by atoms with Gasteiger partial charge in [-0.05, 0) is 30.4 Å². The first-order valence-corrected chi connectivity index (χ1v) is 8.52. The highest BCUT2D eigenvalue weighted by atomic mass is 16.2. The Morgan fingerprint density at radius 3 is 2.35 bits per heavy atom. The Morgan fingerprint density at radius 1 is 1.17 bits per heavy atom. The Balaban J connectivity index is 2.96. The molecular formula is C19H30N2O2. The topological polar surface area (TPSA) is 49.4 Å². The number of hydrogen-bond donors (Lipinski definition) is 1. The van der Waals surface area contributed by atoms with Gasteiger partial charge in [0.2, 0.25) is 11.8 Å². The van der Waals surface area contributed by atoms with Crippen LogP contribution in [0.3, 0.4) is 0 Å². The summed E-state index contributed by atoms with van der Waals surface area (Å²) in [5, 5.41) is 2.96. The Kier molecular flexibility index (Phi) is 7.79. The van der Waals surface area contributed by atoms with Gasteiger partial charge < -0.3 is 10.2 Å². The lowest BCUT2D eigenvalue weighted by molar-refractivity contribution is -0.141. The maximum atomic E-state index is 12.5. The molecule has 1 rings (SSSR count). The molecule has 0 heterocycles. The molecule has 0 aliphatic heterocycles. The highest BCUT2D eigenvalue weighted by Crippen LogP contribution is 2.16. The van der Waals surface area contributed by atoms with Crippen LogP contribution in [0.25, 0.3) is 0 Å². The maximum Gasteiger partial charge on any atom is 0.242 e. The Bertz CT molecular complexity index is 526.